The Bertz CT molecular complexity index is 966. The number of para-hydroxylation sites is 4. The van der Waals surface area contributed by atoms with E-state index in [2.05, 4.69) is 24.9 Å². The number of nitrogens with zero attached hydrogens (tertiary/aromatic N) is 3. The Balaban J connectivity index is 0.000000130. The highest BCUT2D eigenvalue weighted by molar-refractivity contribution is 7.07. The molecule has 0 aliphatic heterocycles. The molecule has 0 atom stereocenters. The van der Waals surface area contributed by atoms with Crippen molar-refractivity contribution in [3.8, 4) is 11.5 Å². The zero-order chi connectivity index (χ0) is 15.5. The molecule has 0 unspecified atom stereocenters. The Labute approximate surface area is 136 Å². The zero-order valence-corrected chi connectivity index (χ0v) is 12.9. The van der Waals surface area contributed by atoms with Crippen LogP contribution in [0.3, 0.4) is 0 Å². The highest BCUT2D eigenvalue weighted by atomic mass is 32.1. The van der Waals surface area contributed by atoms with Crippen molar-refractivity contribution in [2.45, 2.75) is 0 Å². The molecule has 0 radical (unpaired) electrons. The van der Waals surface area contributed by atoms with E-state index in [0.717, 1.165) is 33.6 Å². The van der Waals surface area contributed by atoms with Gasteiger partial charge in [-0.15, -0.1) is 11.3 Å². The third kappa shape index (κ3) is 2.84. The number of aromatic nitrogens is 5. The van der Waals surface area contributed by atoms with Gasteiger partial charge in [0.2, 0.25) is 0 Å². The van der Waals surface area contributed by atoms with E-state index in [1.165, 1.54) is 0 Å². The van der Waals surface area contributed by atoms with E-state index in [9.17, 15) is 0 Å². The van der Waals surface area contributed by atoms with Crippen molar-refractivity contribution in [3.05, 3.63) is 65.7 Å². The molecule has 0 aliphatic carbocycles. The minimum absolute atomic E-state index is 0.840. The largest absolute Gasteiger partial charge is 0.345 e. The molecule has 0 amide bonds. The SMILES string of the molecule is c1ccc2[nH]c(-c3cscn3)nc2c1.c1ccc2[nH]cnc2c1. The lowest BCUT2D eigenvalue weighted by atomic mass is 10.3. The predicted octanol–water partition coefficient (Wildman–Crippen LogP) is 4.25. The van der Waals surface area contributed by atoms with Crippen LogP contribution in [0.25, 0.3) is 33.6 Å². The van der Waals surface area contributed by atoms with Gasteiger partial charge in [-0.3, -0.25) is 0 Å². The van der Waals surface area contributed by atoms with Gasteiger partial charge in [0.25, 0.3) is 0 Å². The van der Waals surface area contributed by atoms with Crippen LogP contribution in [0.2, 0.25) is 0 Å². The molecule has 0 bridgehead atoms. The first-order chi connectivity index (χ1) is 11.4. The molecule has 6 heteroatoms. The van der Waals surface area contributed by atoms with Crippen LogP contribution in [-0.2, 0) is 0 Å². The monoisotopic (exact) mass is 319 g/mol. The number of rotatable bonds is 1. The van der Waals surface area contributed by atoms with Crippen LogP contribution in [0.4, 0.5) is 0 Å². The van der Waals surface area contributed by atoms with Crippen LogP contribution in [0.1, 0.15) is 0 Å². The molecule has 0 fully saturated rings. The molecule has 3 heterocycles. The van der Waals surface area contributed by atoms with Gasteiger partial charge in [-0.2, -0.15) is 0 Å². The van der Waals surface area contributed by atoms with Crippen molar-refractivity contribution < 1.29 is 0 Å². The van der Waals surface area contributed by atoms with Gasteiger partial charge in [0.05, 0.1) is 33.9 Å². The molecule has 2 N–H and O–H groups in total. The predicted molar refractivity (Wildman–Crippen MR) is 93.3 cm³/mol. The van der Waals surface area contributed by atoms with Crippen LogP contribution in [-0.4, -0.2) is 24.9 Å². The second kappa shape index (κ2) is 6.02. The summed E-state index contributed by atoms with van der Waals surface area (Å²) in [7, 11) is 0. The van der Waals surface area contributed by atoms with Crippen LogP contribution in [0.15, 0.2) is 65.7 Å². The van der Waals surface area contributed by atoms with E-state index in [1.54, 1.807) is 17.7 Å². The Kier molecular flexibility index (Phi) is 3.57. The van der Waals surface area contributed by atoms with Gasteiger partial charge in [0.1, 0.15) is 5.69 Å². The van der Waals surface area contributed by atoms with Crippen molar-refractivity contribution >= 4 is 33.4 Å². The van der Waals surface area contributed by atoms with E-state index in [-0.39, 0.29) is 0 Å². The highest BCUT2D eigenvalue weighted by Crippen LogP contribution is 2.19. The Morgan fingerprint density at radius 2 is 1.61 bits per heavy atom. The topological polar surface area (TPSA) is 70.2 Å². The smallest absolute Gasteiger partial charge is 0.158 e. The lowest BCUT2D eigenvalue weighted by molar-refractivity contribution is 1.27. The molecule has 0 aliphatic rings. The lowest BCUT2D eigenvalue weighted by Crippen LogP contribution is -1.77. The second-order valence-corrected chi connectivity index (χ2v) is 5.61. The summed E-state index contributed by atoms with van der Waals surface area (Å²) in [6, 6.07) is 15.9. The number of hydrogen-bond donors (Lipinski definition) is 2. The number of thiazole rings is 1. The molecule has 0 saturated heterocycles. The first-order valence-corrected chi connectivity index (χ1v) is 8.06. The number of nitrogens with one attached hydrogen (secondary N) is 2. The van der Waals surface area contributed by atoms with Crippen LogP contribution < -0.4 is 0 Å². The zero-order valence-electron chi connectivity index (χ0n) is 12.1. The van der Waals surface area contributed by atoms with Crippen molar-refractivity contribution in [3.63, 3.8) is 0 Å². The fourth-order valence-electron chi connectivity index (χ4n) is 2.28. The highest BCUT2D eigenvalue weighted by Gasteiger charge is 2.05. The Morgan fingerprint density at radius 3 is 2.35 bits per heavy atom. The molecule has 5 rings (SSSR count). The first-order valence-electron chi connectivity index (χ1n) is 7.11. The number of hydrogen-bond acceptors (Lipinski definition) is 4. The molecule has 5 nitrogen and oxygen atoms in total. The third-order valence-electron chi connectivity index (χ3n) is 3.39. The normalized spacial score (nSPS) is 10.6. The summed E-state index contributed by atoms with van der Waals surface area (Å²) in [4.78, 5) is 19.0. The molecule has 23 heavy (non-hydrogen) atoms. The number of aromatic amines is 2. The maximum absolute atomic E-state index is 4.44. The van der Waals surface area contributed by atoms with Crippen LogP contribution in [0, 0.1) is 0 Å². The molecule has 0 saturated carbocycles. The Morgan fingerprint density at radius 1 is 0.826 bits per heavy atom. The number of H-pyrrole nitrogens is 2. The van der Waals surface area contributed by atoms with Crippen LogP contribution in [0.5, 0.6) is 0 Å². The van der Waals surface area contributed by atoms with Gasteiger partial charge in [-0.25, -0.2) is 15.0 Å². The number of benzene rings is 2. The fraction of sp³-hybridized carbons (Fsp3) is 0. The molecule has 3 aromatic heterocycles. The van der Waals surface area contributed by atoms with Crippen LogP contribution >= 0.6 is 11.3 Å². The van der Waals surface area contributed by atoms with E-state index in [4.69, 9.17) is 0 Å². The fourth-order valence-corrected chi connectivity index (χ4v) is 2.82. The summed E-state index contributed by atoms with van der Waals surface area (Å²) in [6.45, 7) is 0. The average Bonchev–Trinajstić information content (AvgIpc) is 3.33. The van der Waals surface area contributed by atoms with E-state index >= 15 is 0 Å². The summed E-state index contributed by atoms with van der Waals surface area (Å²) in [5, 5.41) is 1.98. The summed E-state index contributed by atoms with van der Waals surface area (Å²) in [5.41, 5.74) is 6.87. The average molecular weight is 319 g/mol. The lowest BCUT2D eigenvalue weighted by Gasteiger charge is -1.84. The minimum Gasteiger partial charge on any atom is -0.345 e. The van der Waals surface area contributed by atoms with Gasteiger partial charge in [-0.05, 0) is 24.3 Å². The maximum atomic E-state index is 4.44. The molecule has 2 aromatic carbocycles. The molecular weight excluding hydrogens is 306 g/mol. The van der Waals surface area contributed by atoms with Gasteiger partial charge in [0.15, 0.2) is 5.82 Å². The first kappa shape index (κ1) is 13.7. The van der Waals surface area contributed by atoms with Gasteiger partial charge in [-0.1, -0.05) is 24.3 Å². The number of imidazole rings is 2. The van der Waals surface area contributed by atoms with E-state index in [0.29, 0.717) is 0 Å². The van der Waals surface area contributed by atoms with Gasteiger partial charge >= 0.3 is 0 Å². The molecule has 5 aromatic rings. The second-order valence-electron chi connectivity index (χ2n) is 4.90. The standard InChI is InChI=1S/C10H7N3S.C7H6N2/c1-2-4-8-7(3-1)12-10(13-8)9-5-14-6-11-9;1-2-4-7-6(3-1)8-5-9-7/h1-6H,(H,12,13);1-5H,(H,8,9). The van der Waals surface area contributed by atoms with Crippen molar-refractivity contribution in [1.29, 1.82) is 0 Å². The van der Waals surface area contributed by atoms with E-state index in [1.807, 2.05) is 59.4 Å². The van der Waals surface area contributed by atoms with E-state index < -0.39 is 0 Å². The van der Waals surface area contributed by atoms with Crippen molar-refractivity contribution in [2.75, 3.05) is 0 Å². The van der Waals surface area contributed by atoms with Gasteiger partial charge < -0.3 is 9.97 Å². The third-order valence-corrected chi connectivity index (χ3v) is 3.98. The molecule has 0 spiro atoms. The van der Waals surface area contributed by atoms with Crippen molar-refractivity contribution in [2.24, 2.45) is 0 Å². The van der Waals surface area contributed by atoms with Crippen molar-refractivity contribution in [1.82, 2.24) is 24.9 Å². The summed E-state index contributed by atoms with van der Waals surface area (Å²) in [5.74, 6) is 0.840. The summed E-state index contributed by atoms with van der Waals surface area (Å²) in [6.07, 6.45) is 1.70. The molecule has 112 valence electrons. The summed E-state index contributed by atoms with van der Waals surface area (Å²) >= 11 is 1.57. The summed E-state index contributed by atoms with van der Waals surface area (Å²) < 4.78 is 0. The quantitative estimate of drug-likeness (QED) is 0.485. The van der Waals surface area contributed by atoms with Gasteiger partial charge in [0, 0.05) is 5.38 Å². The Hall–Kier alpha value is -2.99. The minimum atomic E-state index is 0.840. The molecular formula is C17H13N5S. The maximum Gasteiger partial charge on any atom is 0.158 e. The number of fused-ring (bicyclic) bond motifs is 2.